The number of hydrogen-bond donors (Lipinski definition) is 1. The lowest BCUT2D eigenvalue weighted by Crippen LogP contribution is -2.10. The van der Waals surface area contributed by atoms with Gasteiger partial charge in [-0.05, 0) is 47.3 Å². The number of aryl methyl sites for hydroxylation is 1. The maximum atomic E-state index is 10.9. The molecule has 0 amide bonds. The van der Waals surface area contributed by atoms with E-state index in [1.54, 1.807) is 11.3 Å². The summed E-state index contributed by atoms with van der Waals surface area (Å²) in [6.45, 7) is 2.08. The predicted octanol–water partition coefficient (Wildman–Crippen LogP) is 3.55. The Morgan fingerprint density at radius 1 is 1.59 bits per heavy atom. The maximum Gasteiger partial charge on any atom is 0.305 e. The molecule has 0 radical (unpaired) electrons. The van der Waals surface area contributed by atoms with Gasteiger partial charge in [-0.25, -0.2) is 0 Å². The van der Waals surface area contributed by atoms with E-state index in [1.165, 1.54) is 17.6 Å². The van der Waals surface area contributed by atoms with Crippen LogP contribution in [0.1, 0.15) is 42.2 Å². The van der Waals surface area contributed by atoms with Crippen molar-refractivity contribution in [3.63, 3.8) is 0 Å². The summed E-state index contributed by atoms with van der Waals surface area (Å²) >= 11 is 5.17. The first-order valence-corrected chi connectivity index (χ1v) is 7.23. The highest BCUT2D eigenvalue weighted by molar-refractivity contribution is 9.11. The van der Waals surface area contributed by atoms with Crippen LogP contribution in [-0.4, -0.2) is 13.1 Å². The SMILES string of the molecule is COC(=O)CCCCC(N)c1cc(Br)sc1C. The standard InChI is InChI=1S/C12H18BrNO2S/c1-8-9(7-11(13)17-8)10(14)5-3-4-6-12(15)16-2/h7,10H,3-6,14H2,1-2H3. The number of nitrogens with two attached hydrogens (primary N) is 1. The third-order valence-electron chi connectivity index (χ3n) is 2.70. The van der Waals surface area contributed by atoms with E-state index in [2.05, 4.69) is 33.7 Å². The molecule has 0 aliphatic rings. The molecular weight excluding hydrogens is 302 g/mol. The molecule has 1 atom stereocenters. The topological polar surface area (TPSA) is 52.3 Å². The largest absolute Gasteiger partial charge is 0.469 e. The molecule has 2 N–H and O–H groups in total. The average molecular weight is 320 g/mol. The maximum absolute atomic E-state index is 10.9. The fourth-order valence-corrected chi connectivity index (χ4v) is 3.50. The average Bonchev–Trinajstić information content (AvgIpc) is 2.63. The van der Waals surface area contributed by atoms with Crippen LogP contribution in [0.5, 0.6) is 0 Å². The molecule has 1 unspecified atom stereocenters. The Morgan fingerprint density at radius 2 is 2.29 bits per heavy atom. The molecule has 0 fully saturated rings. The minimum atomic E-state index is -0.145. The van der Waals surface area contributed by atoms with Crippen LogP contribution in [-0.2, 0) is 9.53 Å². The van der Waals surface area contributed by atoms with Crippen LogP contribution in [0.4, 0.5) is 0 Å². The van der Waals surface area contributed by atoms with Gasteiger partial charge >= 0.3 is 5.97 Å². The third-order valence-corrected chi connectivity index (χ3v) is 4.27. The van der Waals surface area contributed by atoms with Crippen molar-refractivity contribution < 1.29 is 9.53 Å². The second-order valence-corrected chi connectivity index (χ2v) is 6.63. The highest BCUT2D eigenvalue weighted by atomic mass is 79.9. The van der Waals surface area contributed by atoms with Crippen LogP contribution in [0.15, 0.2) is 9.85 Å². The summed E-state index contributed by atoms with van der Waals surface area (Å²) in [5.41, 5.74) is 7.34. The Kier molecular flexibility index (Phi) is 6.16. The number of carbonyl (C=O) groups is 1. The Hall–Kier alpha value is -0.390. The van der Waals surface area contributed by atoms with Gasteiger partial charge in [-0.1, -0.05) is 6.42 Å². The van der Waals surface area contributed by atoms with Crippen LogP contribution >= 0.6 is 27.3 Å². The van der Waals surface area contributed by atoms with Crippen molar-refractivity contribution in [1.29, 1.82) is 0 Å². The summed E-state index contributed by atoms with van der Waals surface area (Å²) in [6.07, 6.45) is 3.17. The molecule has 0 saturated carbocycles. The second kappa shape index (κ2) is 7.13. The van der Waals surface area contributed by atoms with Gasteiger partial charge in [0.05, 0.1) is 10.9 Å². The quantitative estimate of drug-likeness (QED) is 0.644. The van der Waals surface area contributed by atoms with Crippen LogP contribution in [0.25, 0.3) is 0 Å². The van der Waals surface area contributed by atoms with Crippen LogP contribution in [0.3, 0.4) is 0 Å². The number of halogens is 1. The molecule has 5 heteroatoms. The van der Waals surface area contributed by atoms with E-state index in [1.807, 2.05) is 0 Å². The number of methoxy groups -OCH3 is 1. The van der Waals surface area contributed by atoms with Crippen molar-refractivity contribution in [2.75, 3.05) is 7.11 Å². The molecule has 17 heavy (non-hydrogen) atoms. The highest BCUT2D eigenvalue weighted by Gasteiger charge is 2.12. The fourth-order valence-electron chi connectivity index (χ4n) is 1.72. The number of ether oxygens (including phenoxy) is 1. The van der Waals surface area contributed by atoms with Gasteiger partial charge in [-0.3, -0.25) is 4.79 Å². The van der Waals surface area contributed by atoms with E-state index in [0.717, 1.165) is 23.0 Å². The van der Waals surface area contributed by atoms with E-state index < -0.39 is 0 Å². The lowest BCUT2D eigenvalue weighted by atomic mass is 10.0. The minimum Gasteiger partial charge on any atom is -0.469 e. The summed E-state index contributed by atoms with van der Waals surface area (Å²) in [6, 6.07) is 2.15. The number of rotatable bonds is 6. The van der Waals surface area contributed by atoms with E-state index in [0.29, 0.717) is 6.42 Å². The van der Waals surface area contributed by atoms with E-state index in [4.69, 9.17) is 5.73 Å². The van der Waals surface area contributed by atoms with Gasteiger partial charge in [0.2, 0.25) is 0 Å². The zero-order valence-corrected chi connectivity index (χ0v) is 12.6. The minimum absolute atomic E-state index is 0.0650. The van der Waals surface area contributed by atoms with Gasteiger partial charge in [-0.2, -0.15) is 0 Å². The monoisotopic (exact) mass is 319 g/mol. The van der Waals surface area contributed by atoms with Crippen molar-refractivity contribution in [2.24, 2.45) is 5.73 Å². The third kappa shape index (κ3) is 4.77. The lowest BCUT2D eigenvalue weighted by molar-refractivity contribution is -0.140. The van der Waals surface area contributed by atoms with Gasteiger partial charge < -0.3 is 10.5 Å². The summed E-state index contributed by atoms with van der Waals surface area (Å²) in [4.78, 5) is 12.2. The first kappa shape index (κ1) is 14.7. The van der Waals surface area contributed by atoms with Gasteiger partial charge in [-0.15, -0.1) is 11.3 Å². The lowest BCUT2D eigenvalue weighted by Gasteiger charge is -2.10. The zero-order chi connectivity index (χ0) is 12.8. The Morgan fingerprint density at radius 3 is 2.82 bits per heavy atom. The predicted molar refractivity (Wildman–Crippen MR) is 74.2 cm³/mol. The molecule has 1 aromatic rings. The van der Waals surface area contributed by atoms with Crippen molar-refractivity contribution in [1.82, 2.24) is 0 Å². The molecule has 0 saturated heterocycles. The van der Waals surface area contributed by atoms with Crippen molar-refractivity contribution in [3.05, 3.63) is 20.3 Å². The van der Waals surface area contributed by atoms with Gasteiger partial charge in [0.25, 0.3) is 0 Å². The second-order valence-electron chi connectivity index (χ2n) is 3.99. The zero-order valence-electron chi connectivity index (χ0n) is 10.2. The molecule has 96 valence electrons. The number of esters is 1. The summed E-state index contributed by atoms with van der Waals surface area (Å²) in [5, 5.41) is 0. The Bertz CT molecular complexity index is 379. The van der Waals surface area contributed by atoms with Crippen molar-refractivity contribution in [2.45, 2.75) is 38.6 Å². The summed E-state index contributed by atoms with van der Waals surface area (Å²) < 4.78 is 5.71. The molecule has 0 aliphatic heterocycles. The van der Waals surface area contributed by atoms with E-state index in [-0.39, 0.29) is 12.0 Å². The molecule has 0 bridgehead atoms. The van der Waals surface area contributed by atoms with Crippen LogP contribution < -0.4 is 5.73 Å². The molecule has 1 aromatic heterocycles. The van der Waals surface area contributed by atoms with Gasteiger partial charge in [0.15, 0.2) is 0 Å². The van der Waals surface area contributed by atoms with Crippen LogP contribution in [0, 0.1) is 6.92 Å². The van der Waals surface area contributed by atoms with Crippen LogP contribution in [0.2, 0.25) is 0 Å². The summed E-state index contributed by atoms with van der Waals surface area (Å²) in [7, 11) is 1.42. The smallest absolute Gasteiger partial charge is 0.305 e. The number of hydrogen-bond acceptors (Lipinski definition) is 4. The normalized spacial score (nSPS) is 12.5. The molecule has 0 spiro atoms. The molecule has 1 heterocycles. The van der Waals surface area contributed by atoms with Gasteiger partial charge in [0, 0.05) is 17.3 Å². The summed E-state index contributed by atoms with van der Waals surface area (Å²) in [5.74, 6) is -0.145. The fraction of sp³-hybridized carbons (Fsp3) is 0.583. The Balaban J connectivity index is 2.32. The Labute approximate surface area is 114 Å². The molecule has 0 aromatic carbocycles. The highest BCUT2D eigenvalue weighted by Crippen LogP contribution is 2.31. The van der Waals surface area contributed by atoms with E-state index >= 15 is 0 Å². The number of unbranched alkanes of at least 4 members (excludes halogenated alkanes) is 1. The van der Waals surface area contributed by atoms with Crippen molar-refractivity contribution >= 4 is 33.2 Å². The molecular formula is C12H18BrNO2S. The first-order chi connectivity index (χ1) is 8.04. The number of carbonyl (C=O) groups excluding carboxylic acids is 1. The molecule has 0 aliphatic carbocycles. The molecule has 3 nitrogen and oxygen atoms in total. The first-order valence-electron chi connectivity index (χ1n) is 5.62. The number of thiophene rings is 1. The van der Waals surface area contributed by atoms with Gasteiger partial charge in [0.1, 0.15) is 0 Å². The van der Waals surface area contributed by atoms with E-state index in [9.17, 15) is 4.79 Å². The van der Waals surface area contributed by atoms with Crippen molar-refractivity contribution in [3.8, 4) is 0 Å². The molecule has 1 rings (SSSR count).